The van der Waals surface area contributed by atoms with E-state index >= 15 is 0 Å². The van der Waals surface area contributed by atoms with Crippen LogP contribution < -0.4 is 0 Å². The van der Waals surface area contributed by atoms with Crippen molar-refractivity contribution in [3.05, 3.63) is 0 Å². The highest BCUT2D eigenvalue weighted by molar-refractivity contribution is 7.80. The van der Waals surface area contributed by atoms with E-state index in [9.17, 15) is 4.48 Å². The molecule has 1 saturated heterocycles. The number of nitrogens with zero attached hydrogens (tertiary/aromatic N) is 1. The van der Waals surface area contributed by atoms with E-state index in [0.717, 1.165) is 0 Å². The fourth-order valence-electron chi connectivity index (χ4n) is 0.690. The summed E-state index contributed by atoms with van der Waals surface area (Å²) in [5, 5.41) is 0.582. The smallest absolute Gasteiger partial charge is 0.135 e. The Morgan fingerprint density at radius 2 is 2.56 bits per heavy atom. The van der Waals surface area contributed by atoms with E-state index < -0.39 is 0 Å². The van der Waals surface area contributed by atoms with Crippen molar-refractivity contribution in [2.24, 2.45) is 0 Å². The van der Waals surface area contributed by atoms with Gasteiger partial charge in [-0.15, -0.1) is 0 Å². The second-order valence-corrected chi connectivity index (χ2v) is 2.54. The first-order valence-electron chi connectivity index (χ1n) is 2.77. The summed E-state index contributed by atoms with van der Waals surface area (Å²) in [5.41, 5.74) is 0. The highest BCUT2D eigenvalue weighted by Crippen LogP contribution is 2.08. The van der Waals surface area contributed by atoms with Gasteiger partial charge in [0.1, 0.15) is 4.99 Å². The lowest BCUT2D eigenvalue weighted by atomic mass is 10.3. The zero-order valence-electron chi connectivity index (χ0n) is 5.13. The molecule has 0 radical (unpaired) electrons. The molecule has 0 N–H and O–H groups in total. The van der Waals surface area contributed by atoms with Gasteiger partial charge in [0.15, 0.2) is 0 Å². The molecule has 0 spiro atoms. The lowest BCUT2D eigenvalue weighted by Crippen LogP contribution is -2.41. The second kappa shape index (κ2) is 2.58. The number of hydrogen-bond acceptors (Lipinski definition) is 2. The topological polar surface area (TPSA) is 12.5 Å². The molecule has 0 aromatic rings. The van der Waals surface area contributed by atoms with Crippen LogP contribution in [0.3, 0.4) is 0 Å². The van der Waals surface area contributed by atoms with Crippen LogP contribution in [0.25, 0.3) is 0 Å². The van der Waals surface area contributed by atoms with Gasteiger partial charge in [-0.3, -0.25) is 0 Å². The van der Waals surface area contributed by atoms with Crippen molar-refractivity contribution in [3.63, 3.8) is 0 Å². The fourth-order valence-corrected chi connectivity index (χ4v) is 0.953. The summed E-state index contributed by atoms with van der Waals surface area (Å²) in [7, 11) is 0. The molecule has 1 unspecified atom stereocenters. The van der Waals surface area contributed by atoms with E-state index in [4.69, 9.17) is 4.74 Å². The van der Waals surface area contributed by atoms with Crippen molar-refractivity contribution in [3.8, 4) is 0 Å². The minimum Gasteiger partial charge on any atom is -0.372 e. The number of thiocarbonyl (C=S) groups is 1. The molecule has 1 atom stereocenters. The molecule has 0 aliphatic carbocycles. The third-order valence-electron chi connectivity index (χ3n) is 1.21. The Balaban J connectivity index is 2.51. The molecule has 1 aliphatic rings. The third kappa shape index (κ3) is 1.37. The number of morpholine rings is 1. The molecular formula is C5H8FNOS. The van der Waals surface area contributed by atoms with Crippen molar-refractivity contribution in [2.75, 3.05) is 13.2 Å². The molecule has 1 rings (SSSR count). The second-order valence-electron chi connectivity index (χ2n) is 2.07. The highest BCUT2D eigenvalue weighted by Gasteiger charge is 2.21. The minimum absolute atomic E-state index is 0.216. The Kier molecular flexibility index (Phi) is 1.97. The summed E-state index contributed by atoms with van der Waals surface area (Å²) >= 11 is 4.63. The molecular weight excluding hydrogens is 141 g/mol. The SMILES string of the molecule is CC1COCC(=S)N1F. The largest absolute Gasteiger partial charge is 0.372 e. The van der Waals surface area contributed by atoms with E-state index in [0.29, 0.717) is 11.7 Å². The van der Waals surface area contributed by atoms with Crippen molar-refractivity contribution in [1.82, 2.24) is 5.12 Å². The normalized spacial score (nSPS) is 28.9. The van der Waals surface area contributed by atoms with Gasteiger partial charge in [0.25, 0.3) is 0 Å². The first kappa shape index (κ1) is 6.89. The molecule has 4 heteroatoms. The number of ether oxygens (including phenoxy) is 1. The fraction of sp³-hybridized carbons (Fsp3) is 0.800. The molecule has 9 heavy (non-hydrogen) atoms. The Labute approximate surface area is 58.5 Å². The molecule has 0 aromatic carbocycles. The van der Waals surface area contributed by atoms with Crippen molar-refractivity contribution in [1.29, 1.82) is 0 Å². The molecule has 0 bridgehead atoms. The van der Waals surface area contributed by atoms with Crippen LogP contribution in [-0.2, 0) is 4.74 Å². The van der Waals surface area contributed by atoms with Crippen LogP contribution in [0.15, 0.2) is 0 Å². The van der Waals surface area contributed by atoms with Crippen LogP contribution in [0.5, 0.6) is 0 Å². The quantitative estimate of drug-likeness (QED) is 0.375. The Bertz CT molecular complexity index is 130. The van der Waals surface area contributed by atoms with E-state index in [1.54, 1.807) is 6.92 Å². The Morgan fingerprint density at radius 3 is 3.00 bits per heavy atom. The van der Waals surface area contributed by atoms with E-state index in [2.05, 4.69) is 12.2 Å². The lowest BCUT2D eigenvalue weighted by Gasteiger charge is -2.26. The van der Waals surface area contributed by atoms with Gasteiger partial charge in [-0.05, 0) is 6.92 Å². The average molecular weight is 149 g/mol. The average Bonchev–Trinajstić information content (AvgIpc) is 1.83. The Morgan fingerprint density at radius 1 is 1.89 bits per heavy atom. The first-order valence-corrected chi connectivity index (χ1v) is 3.18. The van der Waals surface area contributed by atoms with Crippen LogP contribution in [0.4, 0.5) is 4.48 Å². The molecule has 0 saturated carbocycles. The predicted molar refractivity (Wildman–Crippen MR) is 35.8 cm³/mol. The van der Waals surface area contributed by atoms with Gasteiger partial charge in [0.2, 0.25) is 0 Å². The van der Waals surface area contributed by atoms with Crippen LogP contribution in [0.2, 0.25) is 0 Å². The van der Waals surface area contributed by atoms with Gasteiger partial charge >= 0.3 is 0 Å². The Hall–Kier alpha value is -0.220. The molecule has 1 aliphatic heterocycles. The zero-order valence-corrected chi connectivity index (χ0v) is 5.95. The monoisotopic (exact) mass is 149 g/mol. The lowest BCUT2D eigenvalue weighted by molar-refractivity contribution is -0.0132. The summed E-state index contributed by atoms with van der Waals surface area (Å²) in [6.45, 7) is 2.40. The maximum Gasteiger partial charge on any atom is 0.135 e. The number of rotatable bonds is 0. The first-order chi connectivity index (χ1) is 4.22. The van der Waals surface area contributed by atoms with Crippen LogP contribution in [0, 0.1) is 0 Å². The van der Waals surface area contributed by atoms with Gasteiger partial charge < -0.3 is 4.74 Å². The van der Waals surface area contributed by atoms with Gasteiger partial charge in [-0.25, -0.2) is 0 Å². The summed E-state index contributed by atoms with van der Waals surface area (Å²) in [4.78, 5) is 0.244. The van der Waals surface area contributed by atoms with Gasteiger partial charge in [-0.1, -0.05) is 16.7 Å². The standard InChI is InChI=1S/C5H8FNOS/c1-4-2-8-3-5(9)7(4)6/h4H,2-3H2,1H3. The van der Waals surface area contributed by atoms with Crippen LogP contribution in [0.1, 0.15) is 6.92 Å². The summed E-state index contributed by atoms with van der Waals surface area (Å²) in [6, 6.07) is -0.216. The highest BCUT2D eigenvalue weighted by atomic mass is 32.1. The van der Waals surface area contributed by atoms with E-state index in [1.165, 1.54) is 0 Å². The van der Waals surface area contributed by atoms with Gasteiger partial charge in [0, 0.05) is 0 Å². The number of hydrogen-bond donors (Lipinski definition) is 0. The predicted octanol–water partition coefficient (Wildman–Crippen LogP) is 0.919. The summed E-state index contributed by atoms with van der Waals surface area (Å²) in [6.07, 6.45) is 0. The molecule has 1 fully saturated rings. The van der Waals surface area contributed by atoms with Crippen molar-refractivity contribution < 1.29 is 9.22 Å². The molecule has 0 amide bonds. The summed E-state index contributed by atoms with van der Waals surface area (Å²) in [5.74, 6) is 0. The third-order valence-corrected chi connectivity index (χ3v) is 1.50. The molecule has 2 nitrogen and oxygen atoms in total. The zero-order chi connectivity index (χ0) is 6.85. The van der Waals surface area contributed by atoms with Crippen molar-refractivity contribution >= 4 is 17.2 Å². The van der Waals surface area contributed by atoms with E-state index in [1.807, 2.05) is 0 Å². The van der Waals surface area contributed by atoms with Crippen LogP contribution >= 0.6 is 12.2 Å². The molecule has 0 aromatic heterocycles. The minimum atomic E-state index is -0.216. The number of halogens is 1. The van der Waals surface area contributed by atoms with Gasteiger partial charge in [-0.2, -0.15) is 5.12 Å². The molecule has 1 heterocycles. The van der Waals surface area contributed by atoms with E-state index in [-0.39, 0.29) is 17.6 Å². The molecule has 52 valence electrons. The van der Waals surface area contributed by atoms with Gasteiger partial charge in [0.05, 0.1) is 19.3 Å². The maximum atomic E-state index is 12.6. The van der Waals surface area contributed by atoms with Crippen molar-refractivity contribution in [2.45, 2.75) is 13.0 Å². The summed E-state index contributed by atoms with van der Waals surface area (Å²) < 4.78 is 17.5. The maximum absolute atomic E-state index is 12.6. The van der Waals surface area contributed by atoms with Crippen LogP contribution in [-0.4, -0.2) is 29.4 Å².